The van der Waals surface area contributed by atoms with Gasteiger partial charge in [-0.3, -0.25) is 14.5 Å². The predicted octanol–water partition coefficient (Wildman–Crippen LogP) is 0.871. The largest absolute Gasteiger partial charge is 0.354 e. The van der Waals surface area contributed by atoms with Gasteiger partial charge in [-0.2, -0.15) is 0 Å². The fourth-order valence-electron chi connectivity index (χ4n) is 5.54. The van der Waals surface area contributed by atoms with Crippen LogP contribution in [-0.4, -0.2) is 42.4 Å². The third kappa shape index (κ3) is 2.20. The van der Waals surface area contributed by atoms with Gasteiger partial charge in [0, 0.05) is 18.5 Å². The topological polar surface area (TPSA) is 78.5 Å². The molecule has 2 N–H and O–H groups in total. The van der Waals surface area contributed by atoms with Gasteiger partial charge in [0.2, 0.25) is 11.8 Å². The van der Waals surface area contributed by atoms with Gasteiger partial charge in [0.1, 0.15) is 0 Å². The van der Waals surface area contributed by atoms with E-state index in [0.717, 1.165) is 37.0 Å². The second-order valence-electron chi connectivity index (χ2n) is 7.66. The van der Waals surface area contributed by atoms with Gasteiger partial charge in [0.15, 0.2) is 0 Å². The molecule has 6 heteroatoms. The zero-order valence-electron chi connectivity index (χ0n) is 12.8. The van der Waals surface area contributed by atoms with Crippen LogP contribution in [0.15, 0.2) is 0 Å². The highest BCUT2D eigenvalue weighted by Gasteiger charge is 2.54. The highest BCUT2D eigenvalue weighted by atomic mass is 16.2. The molecule has 5 aliphatic rings. The van der Waals surface area contributed by atoms with Crippen molar-refractivity contribution in [2.24, 2.45) is 23.2 Å². The summed E-state index contributed by atoms with van der Waals surface area (Å²) in [4.78, 5) is 36.9. The molecular formula is C16H23N3O3. The summed E-state index contributed by atoms with van der Waals surface area (Å²) in [6, 6.07) is -0.353. The summed E-state index contributed by atoms with van der Waals surface area (Å²) < 4.78 is 0. The molecule has 5 rings (SSSR count). The summed E-state index contributed by atoms with van der Waals surface area (Å²) in [5, 5.41) is 5.49. The Bertz CT molecular complexity index is 479. The normalized spacial score (nSPS) is 39.3. The molecule has 120 valence electrons. The van der Waals surface area contributed by atoms with Crippen LogP contribution in [0, 0.1) is 23.2 Å². The van der Waals surface area contributed by atoms with Crippen LogP contribution < -0.4 is 10.6 Å². The van der Waals surface area contributed by atoms with Gasteiger partial charge in [-0.05, 0) is 56.3 Å². The molecule has 0 aromatic heterocycles. The van der Waals surface area contributed by atoms with Crippen molar-refractivity contribution in [1.29, 1.82) is 0 Å². The van der Waals surface area contributed by atoms with E-state index in [4.69, 9.17) is 0 Å². The number of carbonyl (C=O) groups excluding carboxylic acids is 3. The molecule has 1 aliphatic heterocycles. The maximum absolute atomic E-state index is 12.7. The zero-order chi connectivity index (χ0) is 15.3. The summed E-state index contributed by atoms with van der Waals surface area (Å²) in [7, 11) is 0. The van der Waals surface area contributed by atoms with Crippen molar-refractivity contribution in [1.82, 2.24) is 15.5 Å². The quantitative estimate of drug-likeness (QED) is 0.757. The lowest BCUT2D eigenvalue weighted by atomic mass is 9.49. The average molecular weight is 305 g/mol. The van der Waals surface area contributed by atoms with Crippen molar-refractivity contribution in [3.05, 3.63) is 0 Å². The molecule has 0 spiro atoms. The van der Waals surface area contributed by atoms with E-state index in [2.05, 4.69) is 10.6 Å². The molecule has 1 saturated heterocycles. The first-order chi connectivity index (χ1) is 10.6. The van der Waals surface area contributed by atoms with Crippen molar-refractivity contribution in [3.8, 4) is 0 Å². The molecule has 4 amide bonds. The maximum Gasteiger partial charge on any atom is 0.324 e. The van der Waals surface area contributed by atoms with Gasteiger partial charge < -0.3 is 10.6 Å². The lowest BCUT2D eigenvalue weighted by Gasteiger charge is -2.55. The fraction of sp³-hybridized carbons (Fsp3) is 0.812. The summed E-state index contributed by atoms with van der Waals surface area (Å²) in [5.74, 6) is 2.15. The Balaban J connectivity index is 1.35. The van der Waals surface area contributed by atoms with Crippen LogP contribution in [0.25, 0.3) is 0 Å². The average Bonchev–Trinajstić information content (AvgIpc) is 2.77. The van der Waals surface area contributed by atoms with Crippen LogP contribution in [-0.2, 0) is 9.59 Å². The number of rotatable bonds is 4. The van der Waals surface area contributed by atoms with Gasteiger partial charge >= 0.3 is 6.03 Å². The molecule has 1 heterocycles. The lowest BCUT2D eigenvalue weighted by molar-refractivity contribution is -0.146. The van der Waals surface area contributed by atoms with Crippen molar-refractivity contribution < 1.29 is 14.4 Å². The van der Waals surface area contributed by atoms with Crippen molar-refractivity contribution >= 4 is 17.8 Å². The van der Waals surface area contributed by atoms with E-state index in [1.165, 1.54) is 24.2 Å². The molecule has 4 saturated carbocycles. The Kier molecular flexibility index (Phi) is 3.16. The molecule has 22 heavy (non-hydrogen) atoms. The molecule has 0 aromatic rings. The second kappa shape index (κ2) is 4.96. The molecule has 4 bridgehead atoms. The van der Waals surface area contributed by atoms with Crippen LogP contribution in [0.4, 0.5) is 4.79 Å². The molecule has 0 atom stereocenters. The van der Waals surface area contributed by atoms with E-state index < -0.39 is 0 Å². The number of nitrogens with zero attached hydrogens (tertiary/aromatic N) is 1. The Morgan fingerprint density at radius 3 is 2.23 bits per heavy atom. The third-order valence-electron chi connectivity index (χ3n) is 6.08. The first kappa shape index (κ1) is 14.0. The lowest BCUT2D eigenvalue weighted by Crippen LogP contribution is -2.54. The summed E-state index contributed by atoms with van der Waals surface area (Å²) in [6.07, 6.45) is 7.05. The number of urea groups is 1. The van der Waals surface area contributed by atoms with Crippen LogP contribution in [0.1, 0.15) is 38.5 Å². The zero-order valence-corrected chi connectivity index (χ0v) is 12.8. The van der Waals surface area contributed by atoms with Gasteiger partial charge in [-0.25, -0.2) is 4.79 Å². The Labute approximate surface area is 130 Å². The summed E-state index contributed by atoms with van der Waals surface area (Å²) >= 11 is 0. The number of nitrogens with one attached hydrogen (secondary N) is 2. The molecule has 4 aliphatic carbocycles. The van der Waals surface area contributed by atoms with E-state index >= 15 is 0 Å². The van der Waals surface area contributed by atoms with E-state index in [1.54, 1.807) is 0 Å². The van der Waals surface area contributed by atoms with Gasteiger partial charge in [0.05, 0.1) is 6.54 Å². The smallest absolute Gasteiger partial charge is 0.324 e. The van der Waals surface area contributed by atoms with E-state index in [9.17, 15) is 14.4 Å². The van der Waals surface area contributed by atoms with Gasteiger partial charge in [-0.15, -0.1) is 0 Å². The van der Waals surface area contributed by atoms with Crippen molar-refractivity contribution in [2.75, 3.05) is 19.6 Å². The predicted molar refractivity (Wildman–Crippen MR) is 78.7 cm³/mol. The SMILES string of the molecule is O=C1CNC(=O)N1CCNC(=O)C12CC3CC(CC(C3)C1)C2. The maximum atomic E-state index is 12.7. The Morgan fingerprint density at radius 2 is 1.73 bits per heavy atom. The summed E-state index contributed by atoms with van der Waals surface area (Å²) in [6.45, 7) is 0.699. The molecule has 6 nitrogen and oxygen atoms in total. The molecule has 0 radical (unpaired) electrons. The van der Waals surface area contributed by atoms with Crippen molar-refractivity contribution in [3.63, 3.8) is 0 Å². The third-order valence-corrected chi connectivity index (χ3v) is 6.08. The first-order valence-electron chi connectivity index (χ1n) is 8.42. The summed E-state index contributed by atoms with van der Waals surface area (Å²) in [5.41, 5.74) is -0.161. The second-order valence-corrected chi connectivity index (χ2v) is 7.66. The van der Waals surface area contributed by atoms with Crippen LogP contribution in [0.3, 0.4) is 0 Å². The number of hydrogen-bond donors (Lipinski definition) is 2. The van der Waals surface area contributed by atoms with Crippen molar-refractivity contribution in [2.45, 2.75) is 38.5 Å². The monoisotopic (exact) mass is 305 g/mol. The number of hydrogen-bond acceptors (Lipinski definition) is 3. The molecule has 5 fully saturated rings. The minimum atomic E-state index is -0.353. The Morgan fingerprint density at radius 1 is 1.14 bits per heavy atom. The van der Waals surface area contributed by atoms with Crippen LogP contribution in [0.5, 0.6) is 0 Å². The van der Waals surface area contributed by atoms with Crippen LogP contribution in [0.2, 0.25) is 0 Å². The highest BCUT2D eigenvalue weighted by Crippen LogP contribution is 2.60. The highest BCUT2D eigenvalue weighted by molar-refractivity contribution is 6.01. The minimum absolute atomic E-state index is 0.0712. The van der Waals surface area contributed by atoms with Crippen LogP contribution >= 0.6 is 0 Å². The Hall–Kier alpha value is -1.59. The van der Waals surface area contributed by atoms with Gasteiger partial charge in [-0.1, -0.05) is 0 Å². The molecular weight excluding hydrogens is 282 g/mol. The first-order valence-corrected chi connectivity index (χ1v) is 8.42. The van der Waals surface area contributed by atoms with E-state index in [1.807, 2.05) is 0 Å². The molecule has 0 aromatic carbocycles. The minimum Gasteiger partial charge on any atom is -0.354 e. The fourth-order valence-corrected chi connectivity index (χ4v) is 5.54. The van der Waals surface area contributed by atoms with E-state index in [-0.39, 0.29) is 36.3 Å². The van der Waals surface area contributed by atoms with E-state index in [0.29, 0.717) is 6.54 Å². The number of amides is 4. The number of carbonyl (C=O) groups is 3. The standard InChI is InChI=1S/C16H23N3O3/c20-13-9-18-15(22)19(13)2-1-17-14(21)16-6-10-3-11(7-16)5-12(4-10)8-16/h10-12H,1-9H2,(H,17,21)(H,18,22). The number of imide groups is 1. The van der Waals surface area contributed by atoms with Gasteiger partial charge in [0.25, 0.3) is 0 Å². The molecule has 0 unspecified atom stereocenters.